The number of allylic oxidation sites excluding steroid dienone is 4. The maximum absolute atomic E-state index is 10.5. The minimum Gasteiger partial charge on any atom is -0.299 e. The second-order valence-corrected chi connectivity index (χ2v) is 1.93. The maximum Gasteiger partial charge on any atom is 0.155 e. The van der Waals surface area contributed by atoms with E-state index in [-0.39, 0.29) is 5.78 Å². The Balaban J connectivity index is 4.04. The van der Waals surface area contributed by atoms with Gasteiger partial charge in [0.15, 0.2) is 5.78 Å². The first-order chi connectivity index (χ1) is 4.68. The first-order valence-corrected chi connectivity index (χ1v) is 2.98. The number of carbonyl (C=O) groups is 2. The van der Waals surface area contributed by atoms with Crippen LogP contribution >= 0.6 is 0 Å². The predicted octanol–water partition coefficient (Wildman–Crippen LogP) is 1.28. The van der Waals surface area contributed by atoms with E-state index >= 15 is 0 Å². The van der Waals surface area contributed by atoms with Gasteiger partial charge >= 0.3 is 0 Å². The molecule has 0 aliphatic carbocycles. The number of rotatable bonds is 3. The molecule has 0 unspecified atom stereocenters. The van der Waals surface area contributed by atoms with Gasteiger partial charge in [-0.15, -0.1) is 0 Å². The molecule has 0 atom stereocenters. The summed E-state index contributed by atoms with van der Waals surface area (Å²) in [7, 11) is 0. The third kappa shape index (κ3) is 3.78. The summed E-state index contributed by atoms with van der Waals surface area (Å²) in [5, 5.41) is 0. The number of Topliss-reactive ketones (excluding diaryl/α,β-unsaturated/α-hetero) is 1. The average molecular weight is 138 g/mol. The topological polar surface area (TPSA) is 34.1 Å². The van der Waals surface area contributed by atoms with Gasteiger partial charge in [-0.2, -0.15) is 0 Å². The zero-order valence-electron chi connectivity index (χ0n) is 6.13. The van der Waals surface area contributed by atoms with Crippen molar-refractivity contribution in [1.82, 2.24) is 0 Å². The number of aldehydes is 1. The Bertz CT molecular complexity index is 187. The number of hydrogen-bond donors (Lipinski definition) is 0. The van der Waals surface area contributed by atoms with Crippen molar-refractivity contribution in [3.63, 3.8) is 0 Å². The summed E-state index contributed by atoms with van der Waals surface area (Å²) in [4.78, 5) is 20.3. The largest absolute Gasteiger partial charge is 0.299 e. The van der Waals surface area contributed by atoms with E-state index in [4.69, 9.17) is 0 Å². The fraction of sp³-hybridized carbons (Fsp3) is 0.250. The number of carbonyl (C=O) groups excluding carboxylic acids is 2. The molecule has 0 heterocycles. The Morgan fingerprint density at radius 3 is 2.20 bits per heavy atom. The van der Waals surface area contributed by atoms with Crippen LogP contribution in [0.5, 0.6) is 0 Å². The molecule has 10 heavy (non-hydrogen) atoms. The predicted molar refractivity (Wildman–Crippen MR) is 39.6 cm³/mol. The highest BCUT2D eigenvalue weighted by molar-refractivity contribution is 5.92. The summed E-state index contributed by atoms with van der Waals surface area (Å²) in [6.07, 6.45) is 5.16. The van der Waals surface area contributed by atoms with Crippen molar-refractivity contribution in [2.45, 2.75) is 13.8 Å². The highest BCUT2D eigenvalue weighted by atomic mass is 16.1. The van der Waals surface area contributed by atoms with Gasteiger partial charge in [0.2, 0.25) is 0 Å². The van der Waals surface area contributed by atoms with Crippen LogP contribution in [0.2, 0.25) is 0 Å². The van der Waals surface area contributed by atoms with Crippen LogP contribution in [0.4, 0.5) is 0 Å². The van der Waals surface area contributed by atoms with E-state index in [1.165, 1.54) is 13.0 Å². The van der Waals surface area contributed by atoms with Crippen LogP contribution < -0.4 is 0 Å². The molecule has 0 saturated carbocycles. The van der Waals surface area contributed by atoms with Gasteiger partial charge in [0.1, 0.15) is 6.29 Å². The van der Waals surface area contributed by atoms with Crippen molar-refractivity contribution in [3.8, 4) is 0 Å². The summed E-state index contributed by atoms with van der Waals surface area (Å²) < 4.78 is 0. The van der Waals surface area contributed by atoms with E-state index in [1.54, 1.807) is 19.1 Å². The van der Waals surface area contributed by atoms with Crippen molar-refractivity contribution < 1.29 is 9.59 Å². The van der Waals surface area contributed by atoms with Crippen LogP contribution in [-0.2, 0) is 9.59 Å². The van der Waals surface area contributed by atoms with Crippen LogP contribution in [0.15, 0.2) is 23.8 Å². The van der Waals surface area contributed by atoms with Gasteiger partial charge in [0, 0.05) is 0 Å². The van der Waals surface area contributed by atoms with Crippen molar-refractivity contribution >= 4 is 12.1 Å². The fourth-order valence-corrected chi connectivity index (χ4v) is 0.363. The summed E-state index contributed by atoms with van der Waals surface area (Å²) in [6.45, 7) is 3.19. The molecule has 0 rings (SSSR count). The maximum atomic E-state index is 10.5. The van der Waals surface area contributed by atoms with Gasteiger partial charge < -0.3 is 0 Å². The Hall–Kier alpha value is -1.18. The lowest BCUT2D eigenvalue weighted by molar-refractivity contribution is -0.113. The van der Waals surface area contributed by atoms with Gasteiger partial charge in [-0.25, -0.2) is 0 Å². The highest BCUT2D eigenvalue weighted by Gasteiger charge is 1.90. The number of hydrogen-bond acceptors (Lipinski definition) is 2. The lowest BCUT2D eigenvalue weighted by Crippen LogP contribution is -1.89. The summed E-state index contributed by atoms with van der Waals surface area (Å²) >= 11 is 0. The summed E-state index contributed by atoms with van der Waals surface area (Å²) in [6, 6.07) is 0. The van der Waals surface area contributed by atoms with E-state index in [2.05, 4.69) is 0 Å². The van der Waals surface area contributed by atoms with Gasteiger partial charge in [0.25, 0.3) is 0 Å². The minimum absolute atomic E-state index is 0.0237. The van der Waals surface area contributed by atoms with Crippen LogP contribution in [-0.4, -0.2) is 12.1 Å². The quantitative estimate of drug-likeness (QED) is 0.334. The van der Waals surface area contributed by atoms with E-state index in [0.29, 0.717) is 11.9 Å². The lowest BCUT2D eigenvalue weighted by atomic mass is 10.2. The molecule has 0 aromatic carbocycles. The first-order valence-electron chi connectivity index (χ1n) is 2.98. The van der Waals surface area contributed by atoms with Gasteiger partial charge in [0.05, 0.1) is 0 Å². The summed E-state index contributed by atoms with van der Waals surface area (Å²) in [5.41, 5.74) is 0.651. The molecule has 0 N–H and O–H groups in total. The van der Waals surface area contributed by atoms with Gasteiger partial charge in [-0.1, -0.05) is 12.2 Å². The molecule has 0 fully saturated rings. The molecule has 0 amide bonds. The smallest absolute Gasteiger partial charge is 0.155 e. The minimum atomic E-state index is 0.0237. The van der Waals surface area contributed by atoms with E-state index < -0.39 is 0 Å². The van der Waals surface area contributed by atoms with E-state index in [0.717, 1.165) is 0 Å². The molecule has 0 aromatic rings. The molecule has 0 radical (unpaired) electrons. The third-order valence-electron chi connectivity index (χ3n) is 1.09. The van der Waals surface area contributed by atoms with Gasteiger partial charge in [-0.05, 0) is 25.5 Å². The third-order valence-corrected chi connectivity index (χ3v) is 1.09. The van der Waals surface area contributed by atoms with Crippen LogP contribution in [0.3, 0.4) is 0 Å². The molecule has 0 aliphatic rings. The Morgan fingerprint density at radius 1 is 1.20 bits per heavy atom. The zero-order chi connectivity index (χ0) is 7.98. The molecule has 2 nitrogen and oxygen atoms in total. The molecule has 0 aromatic heterocycles. The average Bonchev–Trinajstić information content (AvgIpc) is 1.88. The van der Waals surface area contributed by atoms with Crippen LogP contribution in [0.25, 0.3) is 0 Å². The monoisotopic (exact) mass is 138 g/mol. The standard InChI is InChI=1S/C8H10O2/c1-7(8(2)10)5-3-4-6-9/h3-6H,1-2H3. The molecule has 0 spiro atoms. The lowest BCUT2D eigenvalue weighted by Gasteiger charge is -1.87. The van der Waals surface area contributed by atoms with Crippen molar-refractivity contribution in [3.05, 3.63) is 23.8 Å². The second-order valence-electron chi connectivity index (χ2n) is 1.93. The van der Waals surface area contributed by atoms with E-state index in [9.17, 15) is 9.59 Å². The molecule has 2 heteroatoms. The highest BCUT2D eigenvalue weighted by Crippen LogP contribution is 1.92. The van der Waals surface area contributed by atoms with E-state index in [1.807, 2.05) is 0 Å². The Kier molecular flexibility index (Phi) is 4.12. The van der Waals surface area contributed by atoms with Gasteiger partial charge in [-0.3, -0.25) is 9.59 Å². The number of ketones is 1. The SMILES string of the molecule is CC(=O)C(C)=CC=CC=O. The Labute approximate surface area is 60.2 Å². The molecular formula is C8H10O2. The second kappa shape index (κ2) is 4.68. The molecule has 54 valence electrons. The first kappa shape index (κ1) is 8.82. The molecule has 0 aliphatic heterocycles. The molecule has 0 saturated heterocycles. The zero-order valence-corrected chi connectivity index (χ0v) is 6.13. The molecular weight excluding hydrogens is 128 g/mol. The molecule has 0 bridgehead atoms. The fourth-order valence-electron chi connectivity index (χ4n) is 0.363. The van der Waals surface area contributed by atoms with Crippen LogP contribution in [0, 0.1) is 0 Å². The van der Waals surface area contributed by atoms with Crippen molar-refractivity contribution in [1.29, 1.82) is 0 Å². The normalized spacial score (nSPS) is 12.0. The summed E-state index contributed by atoms with van der Waals surface area (Å²) in [5.74, 6) is 0.0237. The van der Waals surface area contributed by atoms with Crippen molar-refractivity contribution in [2.24, 2.45) is 0 Å². The van der Waals surface area contributed by atoms with Crippen molar-refractivity contribution in [2.75, 3.05) is 0 Å². The Morgan fingerprint density at radius 2 is 1.80 bits per heavy atom. The van der Waals surface area contributed by atoms with Crippen LogP contribution in [0.1, 0.15) is 13.8 Å².